The third kappa shape index (κ3) is 5.06. The summed E-state index contributed by atoms with van der Waals surface area (Å²) in [6.07, 6.45) is -3.23. The third-order valence-corrected chi connectivity index (χ3v) is 8.88. The average Bonchev–Trinajstić information content (AvgIpc) is 3.33. The fraction of sp³-hybridized carbons (Fsp3) is 0.303. The molecular weight excluding hydrogens is 573 g/mol. The molecule has 3 amide bonds. The Hall–Kier alpha value is -4.80. The molecule has 3 aromatic rings. The number of anilines is 1. The van der Waals surface area contributed by atoms with Crippen molar-refractivity contribution in [1.82, 2.24) is 14.4 Å². The van der Waals surface area contributed by atoms with Crippen LogP contribution in [0.3, 0.4) is 0 Å². The Morgan fingerprint density at radius 3 is 2.14 bits per heavy atom. The second-order valence-corrected chi connectivity index (χ2v) is 11.5. The molecule has 228 valence electrons. The summed E-state index contributed by atoms with van der Waals surface area (Å²) in [6.45, 7) is 2.44. The normalized spacial score (nSPS) is 20.2. The van der Waals surface area contributed by atoms with Crippen molar-refractivity contribution in [1.29, 1.82) is 0 Å². The highest BCUT2D eigenvalue weighted by Crippen LogP contribution is 2.54. The van der Waals surface area contributed by atoms with E-state index in [9.17, 15) is 32.7 Å². The van der Waals surface area contributed by atoms with E-state index in [-0.39, 0.29) is 56.3 Å². The van der Waals surface area contributed by atoms with Gasteiger partial charge in [0, 0.05) is 43.1 Å². The molecule has 1 saturated heterocycles. The molecule has 0 radical (unpaired) electrons. The molecule has 1 unspecified atom stereocenters. The molecule has 44 heavy (non-hydrogen) atoms. The summed E-state index contributed by atoms with van der Waals surface area (Å²) in [7, 11) is 0. The number of nitrogens with zero attached hydrogens (tertiary/aromatic N) is 4. The molecule has 1 fully saturated rings. The van der Waals surface area contributed by atoms with Crippen LogP contribution in [0.4, 0.5) is 23.7 Å². The van der Waals surface area contributed by atoms with Crippen LogP contribution in [-0.2, 0) is 17.9 Å². The van der Waals surface area contributed by atoms with Gasteiger partial charge in [0.25, 0.3) is 11.8 Å². The number of piperazine rings is 1. The van der Waals surface area contributed by atoms with Crippen molar-refractivity contribution in [3.05, 3.63) is 107 Å². The summed E-state index contributed by atoms with van der Waals surface area (Å²) >= 11 is 0. The maximum absolute atomic E-state index is 14.7. The van der Waals surface area contributed by atoms with Gasteiger partial charge in [0.05, 0.1) is 18.5 Å². The zero-order chi connectivity index (χ0) is 31.2. The number of hydrogen-bond donors (Lipinski definition) is 1. The van der Waals surface area contributed by atoms with Crippen LogP contribution in [0.5, 0.6) is 0 Å². The minimum atomic E-state index is -4.61. The maximum atomic E-state index is 14.7. The summed E-state index contributed by atoms with van der Waals surface area (Å²) in [5.41, 5.74) is 0.728. The molecule has 1 aliphatic carbocycles. The molecule has 2 aliphatic heterocycles. The minimum Gasteiger partial charge on any atom is -0.465 e. The van der Waals surface area contributed by atoms with Gasteiger partial charge in [0.1, 0.15) is 5.69 Å². The van der Waals surface area contributed by atoms with E-state index in [0.717, 1.165) is 12.5 Å². The summed E-state index contributed by atoms with van der Waals surface area (Å²) in [5, 5.41) is 9.25. The van der Waals surface area contributed by atoms with Crippen LogP contribution in [0.15, 0.2) is 84.5 Å². The van der Waals surface area contributed by atoms with Gasteiger partial charge >= 0.3 is 12.3 Å². The van der Waals surface area contributed by atoms with Crippen LogP contribution < -0.4 is 4.90 Å². The van der Waals surface area contributed by atoms with Gasteiger partial charge in [-0.1, -0.05) is 60.7 Å². The Balaban J connectivity index is 1.33. The Labute approximate surface area is 252 Å². The molecule has 0 spiro atoms. The number of alkyl halides is 3. The number of amides is 3. The third-order valence-electron chi connectivity index (χ3n) is 8.88. The van der Waals surface area contributed by atoms with E-state index in [1.54, 1.807) is 59.5 Å². The number of hydrogen-bond acceptors (Lipinski definition) is 3. The number of rotatable bonds is 3. The largest absolute Gasteiger partial charge is 0.465 e. The van der Waals surface area contributed by atoms with Gasteiger partial charge in [-0.25, -0.2) is 4.79 Å². The number of carbonyl (C=O) groups excluding carboxylic acids is 2. The van der Waals surface area contributed by atoms with Crippen LogP contribution in [0.1, 0.15) is 40.7 Å². The van der Waals surface area contributed by atoms with Crippen LogP contribution in [0.2, 0.25) is 0 Å². The van der Waals surface area contributed by atoms with E-state index in [0.29, 0.717) is 22.6 Å². The highest BCUT2D eigenvalue weighted by Gasteiger charge is 2.55. The predicted octanol–water partition coefficient (Wildman–Crippen LogP) is 5.80. The van der Waals surface area contributed by atoms with Crippen molar-refractivity contribution in [3.8, 4) is 0 Å². The maximum Gasteiger partial charge on any atom is 0.407 e. The highest BCUT2D eigenvalue weighted by molar-refractivity contribution is 6.07. The second-order valence-electron chi connectivity index (χ2n) is 11.5. The van der Waals surface area contributed by atoms with E-state index in [1.165, 1.54) is 22.0 Å². The Kier molecular flexibility index (Phi) is 7.35. The number of fused-ring (bicyclic) bond motifs is 2. The van der Waals surface area contributed by atoms with Crippen molar-refractivity contribution >= 4 is 29.2 Å². The minimum absolute atomic E-state index is 0.0481. The molecule has 3 aliphatic rings. The van der Waals surface area contributed by atoms with Crippen LogP contribution in [0, 0.1) is 5.41 Å². The van der Waals surface area contributed by atoms with E-state index in [1.807, 2.05) is 16.7 Å². The zero-order valence-electron chi connectivity index (χ0n) is 24.1. The summed E-state index contributed by atoms with van der Waals surface area (Å²) in [4.78, 5) is 43.4. The van der Waals surface area contributed by atoms with Gasteiger partial charge in [0.2, 0.25) is 0 Å². The molecule has 3 heterocycles. The Bertz CT molecular complexity index is 1690. The number of carbonyl (C=O) groups is 3. The molecular formula is C33H31F3N4O4. The lowest BCUT2D eigenvalue weighted by molar-refractivity contribution is -0.195. The summed E-state index contributed by atoms with van der Waals surface area (Å²) in [5.74, 6) is -0.767. The molecule has 6 rings (SSSR count). The number of carboxylic acid groups (broad SMARTS) is 1. The fourth-order valence-corrected chi connectivity index (χ4v) is 6.30. The van der Waals surface area contributed by atoms with Crippen LogP contribution in [0.25, 0.3) is 5.57 Å². The first-order valence-corrected chi connectivity index (χ1v) is 14.4. The van der Waals surface area contributed by atoms with Gasteiger partial charge in [-0.2, -0.15) is 13.2 Å². The van der Waals surface area contributed by atoms with Crippen molar-refractivity contribution < 1.29 is 32.7 Å². The Morgan fingerprint density at radius 1 is 0.795 bits per heavy atom. The number of para-hydroxylation sites is 1. The zero-order valence-corrected chi connectivity index (χ0v) is 24.1. The number of allylic oxidation sites excluding steroid dienone is 3. The molecule has 1 atom stereocenters. The molecule has 0 saturated carbocycles. The van der Waals surface area contributed by atoms with Gasteiger partial charge < -0.3 is 24.4 Å². The first-order chi connectivity index (χ1) is 21.0. The lowest BCUT2D eigenvalue weighted by Crippen LogP contribution is -2.50. The quantitative estimate of drug-likeness (QED) is 0.410. The van der Waals surface area contributed by atoms with Gasteiger partial charge in [-0.05, 0) is 48.2 Å². The standard InChI is InChI=1S/C33H31F3N4O4/c1-32(33(34,35)36)19-23(11-13-26(32)22-7-3-2-4-8-22)29(41)40-21-25-12-14-28(39(25)20-24-9-5-6-10-27(24)40)30(42)37-15-17-38(18-16-37)31(43)44/h2-14H,15-21H2,1H3,(H,43,44). The van der Waals surface area contributed by atoms with Crippen molar-refractivity contribution in [2.75, 3.05) is 31.1 Å². The van der Waals surface area contributed by atoms with Crippen molar-refractivity contribution in [2.24, 2.45) is 5.41 Å². The summed E-state index contributed by atoms with van der Waals surface area (Å²) in [6, 6.07) is 19.0. The predicted molar refractivity (Wildman–Crippen MR) is 158 cm³/mol. The smallest absolute Gasteiger partial charge is 0.407 e. The molecule has 8 nitrogen and oxygen atoms in total. The molecule has 1 N–H and O–H groups in total. The number of benzene rings is 2. The lowest BCUT2D eigenvalue weighted by Gasteiger charge is -2.38. The van der Waals surface area contributed by atoms with Crippen molar-refractivity contribution in [3.63, 3.8) is 0 Å². The second kappa shape index (κ2) is 11.0. The summed E-state index contributed by atoms with van der Waals surface area (Å²) < 4.78 is 45.8. The molecule has 2 aromatic carbocycles. The van der Waals surface area contributed by atoms with Crippen LogP contribution >= 0.6 is 0 Å². The SMILES string of the molecule is CC1(C(F)(F)F)CC(C(=O)N2Cc3ccc(C(=O)N4CCN(C(=O)O)CC4)n3Cc3ccccc32)=CC=C1c1ccccc1. The molecule has 0 bridgehead atoms. The van der Waals surface area contributed by atoms with E-state index in [2.05, 4.69) is 0 Å². The first-order valence-electron chi connectivity index (χ1n) is 14.4. The van der Waals surface area contributed by atoms with E-state index >= 15 is 0 Å². The van der Waals surface area contributed by atoms with Gasteiger partial charge in [0.15, 0.2) is 0 Å². The monoisotopic (exact) mass is 604 g/mol. The van der Waals surface area contributed by atoms with E-state index < -0.39 is 30.0 Å². The van der Waals surface area contributed by atoms with Gasteiger partial charge in [-0.3, -0.25) is 9.59 Å². The number of aromatic nitrogens is 1. The highest BCUT2D eigenvalue weighted by atomic mass is 19.4. The van der Waals surface area contributed by atoms with Crippen LogP contribution in [-0.4, -0.2) is 69.7 Å². The van der Waals surface area contributed by atoms with E-state index in [4.69, 9.17) is 0 Å². The lowest BCUT2D eigenvalue weighted by atomic mass is 9.70. The topological polar surface area (TPSA) is 86.1 Å². The molecule has 11 heteroatoms. The van der Waals surface area contributed by atoms with Crippen molar-refractivity contribution in [2.45, 2.75) is 32.6 Å². The average molecular weight is 605 g/mol. The number of halogens is 3. The molecule has 1 aromatic heterocycles. The van der Waals surface area contributed by atoms with Gasteiger partial charge in [-0.15, -0.1) is 0 Å². The first kappa shape index (κ1) is 29.3. The Morgan fingerprint density at radius 2 is 1.45 bits per heavy atom. The fourth-order valence-electron chi connectivity index (χ4n) is 6.30.